The highest BCUT2D eigenvalue weighted by atomic mass is 16.5. The van der Waals surface area contributed by atoms with Crippen LogP contribution in [-0.4, -0.2) is 60.6 Å². The smallest absolute Gasteiger partial charge is 0.150 e. The van der Waals surface area contributed by atoms with E-state index in [0.717, 1.165) is 48.2 Å². The number of benzene rings is 3. The number of hydrogen-bond donors (Lipinski definition) is 0. The van der Waals surface area contributed by atoms with E-state index in [9.17, 15) is 4.79 Å². The first-order valence-electron chi connectivity index (χ1n) is 15.3. The molecule has 0 bridgehead atoms. The molecule has 0 aromatic heterocycles. The van der Waals surface area contributed by atoms with Gasteiger partial charge in [0.25, 0.3) is 0 Å². The highest BCUT2D eigenvalue weighted by Crippen LogP contribution is 2.34. The van der Waals surface area contributed by atoms with Crippen molar-refractivity contribution in [2.24, 2.45) is 5.92 Å². The number of hydrogen-bond acceptors (Lipinski definition) is 6. The summed E-state index contributed by atoms with van der Waals surface area (Å²) in [6.45, 7) is 11.5. The summed E-state index contributed by atoms with van der Waals surface area (Å²) in [5.41, 5.74) is 6.07. The Morgan fingerprint density at radius 2 is 1.35 bits per heavy atom. The summed E-state index contributed by atoms with van der Waals surface area (Å²) in [6.07, 6.45) is 3.92. The molecule has 0 aliphatic carbocycles. The van der Waals surface area contributed by atoms with Gasteiger partial charge in [0.1, 0.15) is 17.8 Å². The number of rotatable bonds is 19. The molecule has 0 heterocycles. The minimum Gasteiger partial charge on any atom is -0.493 e. The van der Waals surface area contributed by atoms with E-state index in [1.54, 1.807) is 21.3 Å². The second kappa shape index (κ2) is 17.2. The van der Waals surface area contributed by atoms with E-state index in [1.807, 2.05) is 25.1 Å². The number of ether oxygens (including phenoxy) is 5. The molecular weight excluding hydrogens is 540 g/mol. The summed E-state index contributed by atoms with van der Waals surface area (Å²) < 4.78 is 28.5. The largest absolute Gasteiger partial charge is 0.493 e. The molecule has 0 aliphatic rings. The molecule has 0 radical (unpaired) electrons. The van der Waals surface area contributed by atoms with Crippen LogP contribution in [-0.2, 0) is 26.0 Å². The van der Waals surface area contributed by atoms with Crippen LogP contribution in [0.3, 0.4) is 0 Å². The third-order valence-electron chi connectivity index (χ3n) is 8.24. The Labute approximate surface area is 258 Å². The average molecular weight is 591 g/mol. The molecule has 0 N–H and O–H groups in total. The second-order valence-electron chi connectivity index (χ2n) is 11.8. The zero-order chi connectivity index (χ0) is 31.2. The third-order valence-corrected chi connectivity index (χ3v) is 8.24. The quantitative estimate of drug-likeness (QED) is 0.134. The molecule has 3 aromatic rings. The fourth-order valence-electron chi connectivity index (χ4n) is 5.53. The van der Waals surface area contributed by atoms with Crippen LogP contribution >= 0.6 is 0 Å². The number of carbonyl (C=O) groups is 1. The maximum Gasteiger partial charge on any atom is 0.150 e. The van der Waals surface area contributed by atoms with Crippen molar-refractivity contribution in [1.82, 2.24) is 0 Å². The van der Waals surface area contributed by atoms with Crippen molar-refractivity contribution in [3.63, 3.8) is 0 Å². The van der Waals surface area contributed by atoms with Gasteiger partial charge in [0.05, 0.1) is 33.0 Å². The Morgan fingerprint density at radius 1 is 0.767 bits per heavy atom. The molecule has 0 saturated heterocycles. The Hall–Kier alpha value is -3.19. The lowest BCUT2D eigenvalue weighted by atomic mass is 9.78. The van der Waals surface area contributed by atoms with Crippen molar-refractivity contribution in [3.05, 3.63) is 94.0 Å². The minimum absolute atomic E-state index is 0.0873. The molecule has 3 rings (SSSR count). The van der Waals surface area contributed by atoms with E-state index in [2.05, 4.69) is 63.2 Å². The van der Waals surface area contributed by atoms with Gasteiger partial charge in [-0.1, -0.05) is 57.5 Å². The van der Waals surface area contributed by atoms with E-state index in [4.69, 9.17) is 23.7 Å². The molecule has 0 fully saturated rings. The number of carbonyl (C=O) groups excluding carboxylic acids is 1. The van der Waals surface area contributed by atoms with E-state index in [0.29, 0.717) is 44.5 Å². The van der Waals surface area contributed by atoms with Crippen molar-refractivity contribution >= 4 is 6.29 Å². The lowest BCUT2D eigenvalue weighted by molar-refractivity contribution is 0.111. The zero-order valence-electron chi connectivity index (χ0n) is 27.1. The molecule has 0 saturated carbocycles. The first-order valence-corrected chi connectivity index (χ1v) is 15.3. The van der Waals surface area contributed by atoms with Crippen molar-refractivity contribution < 1.29 is 28.5 Å². The maximum absolute atomic E-state index is 11.9. The first-order chi connectivity index (χ1) is 20.8. The van der Waals surface area contributed by atoms with Gasteiger partial charge in [0.15, 0.2) is 0 Å². The molecule has 0 amide bonds. The Morgan fingerprint density at radius 3 is 1.86 bits per heavy atom. The highest BCUT2D eigenvalue weighted by molar-refractivity contribution is 5.78. The monoisotopic (exact) mass is 590 g/mol. The van der Waals surface area contributed by atoms with Gasteiger partial charge >= 0.3 is 0 Å². The van der Waals surface area contributed by atoms with Gasteiger partial charge in [0.2, 0.25) is 0 Å². The van der Waals surface area contributed by atoms with Crippen molar-refractivity contribution in [1.29, 1.82) is 0 Å². The fraction of sp³-hybridized carbons (Fsp3) is 0.486. The summed E-state index contributed by atoms with van der Waals surface area (Å²) in [6, 6.07) is 20.7. The lowest BCUT2D eigenvalue weighted by Crippen LogP contribution is -2.20. The van der Waals surface area contributed by atoms with Crippen LogP contribution in [0.2, 0.25) is 0 Å². The fourth-order valence-corrected chi connectivity index (χ4v) is 5.53. The number of aryl methyl sites for hydroxylation is 1. The predicted octanol–water partition coefficient (Wildman–Crippen LogP) is 7.57. The molecule has 0 aliphatic heterocycles. The molecule has 6 nitrogen and oxygen atoms in total. The summed E-state index contributed by atoms with van der Waals surface area (Å²) in [4.78, 5) is 11.9. The normalized spacial score (nSPS) is 13.0. The summed E-state index contributed by atoms with van der Waals surface area (Å²) in [5, 5.41) is 0. The maximum atomic E-state index is 11.9. The number of methoxy groups -OCH3 is 3. The topological polar surface area (TPSA) is 63.2 Å². The van der Waals surface area contributed by atoms with Crippen molar-refractivity contribution in [3.8, 4) is 11.5 Å². The Balaban J connectivity index is 1.68. The van der Waals surface area contributed by atoms with Gasteiger partial charge in [-0.15, -0.1) is 0 Å². The van der Waals surface area contributed by atoms with E-state index in [-0.39, 0.29) is 11.3 Å². The lowest BCUT2D eigenvalue weighted by Gasteiger charge is -2.27. The van der Waals surface area contributed by atoms with Crippen molar-refractivity contribution in [2.45, 2.75) is 58.3 Å². The zero-order valence-corrected chi connectivity index (χ0v) is 27.1. The summed E-state index contributed by atoms with van der Waals surface area (Å²) >= 11 is 0. The second-order valence-corrected chi connectivity index (χ2v) is 11.8. The molecular formula is C37H50O6. The third kappa shape index (κ3) is 9.65. The van der Waals surface area contributed by atoms with Gasteiger partial charge in [-0.25, -0.2) is 0 Å². The Kier molecular flexibility index (Phi) is 13.7. The molecule has 234 valence electrons. The molecule has 6 heteroatoms. The Bertz CT molecular complexity index is 1240. The van der Waals surface area contributed by atoms with Crippen LogP contribution in [0.5, 0.6) is 11.5 Å². The molecule has 3 aromatic carbocycles. The predicted molar refractivity (Wildman–Crippen MR) is 173 cm³/mol. The van der Waals surface area contributed by atoms with Crippen LogP contribution < -0.4 is 9.47 Å². The van der Waals surface area contributed by atoms with Gasteiger partial charge < -0.3 is 23.7 Å². The standard InChI is InChI=1S/C37H50O6/c1-8-9-28(23-40-6)24-42-34-14-10-32(11-15-34)37(3,4)33-12-16-35(17-13-33)43-26-31(25-41-7)36-21-29(18-19-39-5)27(2)20-30(36)22-38/h10-17,20-22,28,31H,8-9,18-19,23-26H2,1-7H3. The first kappa shape index (κ1) is 34.3. The van der Waals surface area contributed by atoms with Gasteiger partial charge in [-0.05, 0) is 77.9 Å². The minimum atomic E-state index is -0.199. The van der Waals surface area contributed by atoms with Crippen LogP contribution in [0.4, 0.5) is 0 Å². The molecule has 0 spiro atoms. The van der Waals surface area contributed by atoms with Crippen LogP contribution in [0.25, 0.3) is 0 Å². The van der Waals surface area contributed by atoms with Gasteiger partial charge in [-0.2, -0.15) is 0 Å². The van der Waals surface area contributed by atoms with E-state index < -0.39 is 0 Å². The summed E-state index contributed by atoms with van der Waals surface area (Å²) in [5.74, 6) is 1.97. The molecule has 2 unspecified atom stereocenters. The van der Waals surface area contributed by atoms with Crippen LogP contribution in [0.15, 0.2) is 60.7 Å². The number of aldehydes is 1. The van der Waals surface area contributed by atoms with Gasteiger partial charge in [0, 0.05) is 44.1 Å². The van der Waals surface area contributed by atoms with Crippen LogP contribution in [0.1, 0.15) is 77.7 Å². The van der Waals surface area contributed by atoms with Crippen molar-refractivity contribution in [2.75, 3.05) is 54.4 Å². The van der Waals surface area contributed by atoms with Crippen LogP contribution in [0, 0.1) is 12.8 Å². The average Bonchev–Trinajstić information content (AvgIpc) is 3.02. The van der Waals surface area contributed by atoms with E-state index in [1.165, 1.54) is 16.7 Å². The highest BCUT2D eigenvalue weighted by Gasteiger charge is 2.24. The molecule has 43 heavy (non-hydrogen) atoms. The molecule has 2 atom stereocenters. The SMILES string of the molecule is CCCC(COC)COc1ccc(C(C)(C)c2ccc(OCC(COC)c3cc(CCOC)c(C)cc3C=O)cc2)cc1. The van der Waals surface area contributed by atoms with Gasteiger partial charge in [-0.3, -0.25) is 4.79 Å². The van der Waals surface area contributed by atoms with E-state index >= 15 is 0 Å². The summed E-state index contributed by atoms with van der Waals surface area (Å²) in [7, 11) is 5.11.